The summed E-state index contributed by atoms with van der Waals surface area (Å²) >= 11 is 3.70. The molecule has 6 heteroatoms. The molecule has 144 valence electrons. The van der Waals surface area contributed by atoms with Gasteiger partial charge in [0.25, 0.3) is 0 Å². The van der Waals surface area contributed by atoms with Crippen molar-refractivity contribution in [2.24, 2.45) is 0 Å². The molecule has 0 amide bonds. The highest BCUT2D eigenvalue weighted by molar-refractivity contribution is 9.10. The van der Waals surface area contributed by atoms with Gasteiger partial charge in [0.15, 0.2) is 0 Å². The van der Waals surface area contributed by atoms with Crippen LogP contribution in [0.25, 0.3) is 0 Å². The van der Waals surface area contributed by atoms with Gasteiger partial charge in [0, 0.05) is 16.1 Å². The lowest BCUT2D eigenvalue weighted by molar-refractivity contribution is 0.00578. The molecule has 2 heterocycles. The Balaban J connectivity index is 1.71. The van der Waals surface area contributed by atoms with Crippen molar-refractivity contribution >= 4 is 28.7 Å². The Kier molecular flexibility index (Phi) is 4.82. The number of fused-ring (bicyclic) bond motifs is 1. The van der Waals surface area contributed by atoms with Gasteiger partial charge in [-0.15, -0.1) is 0 Å². The molecule has 0 aliphatic carbocycles. The molecule has 4 nitrogen and oxygen atoms in total. The molecule has 1 saturated heterocycles. The Morgan fingerprint density at radius 2 is 1.75 bits per heavy atom. The molecule has 0 saturated carbocycles. The first-order chi connectivity index (χ1) is 13.2. The van der Waals surface area contributed by atoms with Crippen LogP contribution in [0.2, 0.25) is 6.32 Å². The maximum absolute atomic E-state index is 9.38. The molecule has 4 rings (SSSR count). The summed E-state index contributed by atoms with van der Waals surface area (Å²) in [7, 11) is -0.293. The fraction of sp³-hybridized carbons (Fsp3) is 0.409. The normalized spacial score (nSPS) is 24.5. The van der Waals surface area contributed by atoms with Gasteiger partial charge in [-0.05, 0) is 69.4 Å². The van der Waals surface area contributed by atoms with Gasteiger partial charge in [-0.2, -0.15) is 5.26 Å². The van der Waals surface area contributed by atoms with Crippen molar-refractivity contribution in [1.29, 1.82) is 5.26 Å². The number of nitrogens with one attached hydrogen (secondary N) is 1. The summed E-state index contributed by atoms with van der Waals surface area (Å²) in [6.45, 7) is 8.31. The van der Waals surface area contributed by atoms with Gasteiger partial charge in [-0.1, -0.05) is 34.1 Å². The van der Waals surface area contributed by atoms with E-state index in [1.54, 1.807) is 0 Å². The predicted octanol–water partition coefficient (Wildman–Crippen LogP) is 5.66. The molecule has 0 unspecified atom stereocenters. The molecule has 2 aliphatic rings. The molecule has 1 N–H and O–H groups in total. The van der Waals surface area contributed by atoms with Crippen molar-refractivity contribution in [3.05, 3.63) is 63.6 Å². The Bertz CT molecular complexity index is 938. The summed E-state index contributed by atoms with van der Waals surface area (Å²) in [5.74, 6) is 0.136. The lowest BCUT2D eigenvalue weighted by Crippen LogP contribution is -2.41. The van der Waals surface area contributed by atoms with Crippen LogP contribution in [-0.2, 0) is 9.31 Å². The SMILES string of the molecule is CC1(C)OB(C[C@@H]2c3cc(C#N)ccc3N[C@@H]2c2ccccc2Br)OC1(C)C. The third-order valence-corrected chi connectivity index (χ3v) is 7.00. The van der Waals surface area contributed by atoms with E-state index in [1.165, 1.54) is 5.56 Å². The molecule has 0 spiro atoms. The second kappa shape index (κ2) is 6.91. The number of halogens is 1. The average molecular weight is 439 g/mol. The molecule has 28 heavy (non-hydrogen) atoms. The maximum Gasteiger partial charge on any atom is 0.458 e. The summed E-state index contributed by atoms with van der Waals surface area (Å²) in [4.78, 5) is 0. The van der Waals surface area contributed by atoms with E-state index in [-0.39, 0.29) is 30.3 Å². The van der Waals surface area contributed by atoms with Crippen LogP contribution in [0.5, 0.6) is 0 Å². The smallest absolute Gasteiger partial charge is 0.403 e. The predicted molar refractivity (Wildman–Crippen MR) is 115 cm³/mol. The average Bonchev–Trinajstić information content (AvgIpc) is 3.08. The number of benzene rings is 2. The van der Waals surface area contributed by atoms with Gasteiger partial charge in [0.2, 0.25) is 0 Å². The minimum Gasteiger partial charge on any atom is -0.403 e. The van der Waals surface area contributed by atoms with Crippen molar-refractivity contribution in [3.63, 3.8) is 0 Å². The first-order valence-corrected chi connectivity index (χ1v) is 10.4. The highest BCUT2D eigenvalue weighted by Gasteiger charge is 2.52. The van der Waals surface area contributed by atoms with Crippen LogP contribution in [0.4, 0.5) is 5.69 Å². The van der Waals surface area contributed by atoms with E-state index in [9.17, 15) is 5.26 Å². The van der Waals surface area contributed by atoms with Crippen molar-refractivity contribution < 1.29 is 9.31 Å². The van der Waals surface area contributed by atoms with Gasteiger partial charge in [0.1, 0.15) is 0 Å². The third kappa shape index (κ3) is 3.26. The molecule has 2 aromatic carbocycles. The second-order valence-electron chi connectivity index (χ2n) is 8.59. The Morgan fingerprint density at radius 3 is 2.39 bits per heavy atom. The van der Waals surface area contributed by atoms with E-state index in [2.05, 4.69) is 73.2 Å². The zero-order valence-corrected chi connectivity index (χ0v) is 18.2. The van der Waals surface area contributed by atoms with E-state index in [0.717, 1.165) is 15.7 Å². The van der Waals surface area contributed by atoms with Gasteiger partial charge >= 0.3 is 7.12 Å². The molecule has 2 atom stereocenters. The lowest BCUT2D eigenvalue weighted by Gasteiger charge is -2.32. The van der Waals surface area contributed by atoms with Crippen LogP contribution in [0.1, 0.15) is 56.3 Å². The van der Waals surface area contributed by atoms with Crippen molar-refractivity contribution in [2.75, 3.05) is 5.32 Å². The number of anilines is 1. The van der Waals surface area contributed by atoms with Crippen LogP contribution in [0.3, 0.4) is 0 Å². The molecule has 2 aliphatic heterocycles. The fourth-order valence-electron chi connectivity index (χ4n) is 4.07. The minimum atomic E-state index is -0.357. The van der Waals surface area contributed by atoms with Crippen LogP contribution in [-0.4, -0.2) is 18.3 Å². The Morgan fingerprint density at radius 1 is 1.07 bits per heavy atom. The molecule has 0 aromatic heterocycles. The number of nitriles is 1. The van der Waals surface area contributed by atoms with Crippen LogP contribution in [0.15, 0.2) is 46.9 Å². The zero-order valence-electron chi connectivity index (χ0n) is 16.6. The largest absolute Gasteiger partial charge is 0.458 e. The maximum atomic E-state index is 9.38. The molecule has 2 aromatic rings. The van der Waals surface area contributed by atoms with Crippen molar-refractivity contribution in [2.45, 2.75) is 57.2 Å². The van der Waals surface area contributed by atoms with E-state index in [0.29, 0.717) is 11.9 Å². The highest BCUT2D eigenvalue weighted by Crippen LogP contribution is 2.50. The van der Waals surface area contributed by atoms with Crippen molar-refractivity contribution in [3.8, 4) is 6.07 Å². The highest BCUT2D eigenvalue weighted by atomic mass is 79.9. The second-order valence-corrected chi connectivity index (χ2v) is 9.44. The first-order valence-electron chi connectivity index (χ1n) is 9.62. The number of nitrogens with zero attached hydrogens (tertiary/aromatic N) is 1. The molecule has 1 fully saturated rings. The van der Waals surface area contributed by atoms with E-state index in [1.807, 2.05) is 24.3 Å². The summed E-state index contributed by atoms with van der Waals surface area (Å²) < 4.78 is 13.6. The summed E-state index contributed by atoms with van der Waals surface area (Å²) in [6, 6.07) is 16.5. The molecule has 0 bridgehead atoms. The summed E-state index contributed by atoms with van der Waals surface area (Å²) in [5, 5.41) is 13.0. The lowest BCUT2D eigenvalue weighted by atomic mass is 9.72. The Labute approximate surface area is 175 Å². The van der Waals surface area contributed by atoms with Gasteiger partial charge in [-0.25, -0.2) is 0 Å². The van der Waals surface area contributed by atoms with Gasteiger partial charge in [0.05, 0.1) is 28.9 Å². The van der Waals surface area contributed by atoms with Crippen LogP contribution < -0.4 is 5.32 Å². The Hall–Kier alpha value is -1.81. The van der Waals surface area contributed by atoms with Gasteiger partial charge in [-0.3, -0.25) is 0 Å². The fourth-order valence-corrected chi connectivity index (χ4v) is 4.60. The minimum absolute atomic E-state index is 0.0820. The topological polar surface area (TPSA) is 54.3 Å². The summed E-state index contributed by atoms with van der Waals surface area (Å²) in [6.07, 6.45) is 0.716. The standard InChI is InChI=1S/C22H24BBrN2O2/c1-21(2)22(3,4)28-23(27-21)12-17-16-11-14(13-25)9-10-19(16)26-20(17)15-7-5-6-8-18(15)24/h5-11,17,20,26H,12H2,1-4H3/t17-,20-/m1/s1. The third-order valence-electron chi connectivity index (χ3n) is 6.28. The number of rotatable bonds is 3. The zero-order chi connectivity index (χ0) is 20.1. The van der Waals surface area contributed by atoms with Crippen molar-refractivity contribution in [1.82, 2.24) is 0 Å². The number of hydrogen-bond donors (Lipinski definition) is 1. The number of hydrogen-bond acceptors (Lipinski definition) is 4. The van der Waals surface area contributed by atoms with Crippen LogP contribution >= 0.6 is 15.9 Å². The van der Waals surface area contributed by atoms with E-state index >= 15 is 0 Å². The molecule has 0 radical (unpaired) electrons. The quantitative estimate of drug-likeness (QED) is 0.627. The molecular formula is C22H24BBrN2O2. The van der Waals surface area contributed by atoms with E-state index in [4.69, 9.17) is 9.31 Å². The summed E-state index contributed by atoms with van der Waals surface area (Å²) in [5.41, 5.74) is 3.37. The van der Waals surface area contributed by atoms with Gasteiger partial charge < -0.3 is 14.6 Å². The van der Waals surface area contributed by atoms with Crippen LogP contribution in [0, 0.1) is 11.3 Å². The monoisotopic (exact) mass is 438 g/mol. The van der Waals surface area contributed by atoms with E-state index < -0.39 is 0 Å². The first kappa shape index (κ1) is 19.5. The molecular weight excluding hydrogens is 415 g/mol.